The number of urea groups is 1. The predicted molar refractivity (Wildman–Crippen MR) is 70.8 cm³/mol. The van der Waals surface area contributed by atoms with Crippen molar-refractivity contribution in [3.8, 4) is 0 Å². The average Bonchev–Trinajstić information content (AvgIpc) is 2.60. The van der Waals surface area contributed by atoms with E-state index < -0.39 is 12.0 Å². The highest BCUT2D eigenvalue weighted by Crippen LogP contribution is 2.18. The minimum atomic E-state index is -1.02. The van der Waals surface area contributed by atoms with Crippen LogP contribution < -0.4 is 5.32 Å². The Hall–Kier alpha value is -2.04. The van der Waals surface area contributed by atoms with Crippen LogP contribution in [-0.2, 0) is 17.8 Å². The standard InChI is InChI=1S/C14H18N2O3/c1-10(13(17)18)15-14(19)16-8-4-7-11-5-2-3-6-12(11)9-16/h2-3,5-6,10H,4,7-9H2,1H3,(H,15,19)(H,17,18)/t10-/m0/s1. The molecule has 0 bridgehead atoms. The van der Waals surface area contributed by atoms with Crippen LogP contribution in [0.5, 0.6) is 0 Å². The number of nitrogens with zero attached hydrogens (tertiary/aromatic N) is 1. The van der Waals surface area contributed by atoms with E-state index in [1.165, 1.54) is 12.5 Å². The van der Waals surface area contributed by atoms with E-state index in [-0.39, 0.29) is 6.03 Å². The third-order valence-corrected chi connectivity index (χ3v) is 3.35. The third kappa shape index (κ3) is 3.24. The van der Waals surface area contributed by atoms with Gasteiger partial charge in [-0.15, -0.1) is 0 Å². The molecule has 2 amide bonds. The van der Waals surface area contributed by atoms with E-state index in [2.05, 4.69) is 11.4 Å². The summed E-state index contributed by atoms with van der Waals surface area (Å²) in [5.41, 5.74) is 2.40. The minimum Gasteiger partial charge on any atom is -0.480 e. The molecule has 0 fully saturated rings. The van der Waals surface area contributed by atoms with Gasteiger partial charge >= 0.3 is 12.0 Å². The first kappa shape index (κ1) is 13.4. The monoisotopic (exact) mass is 262 g/mol. The predicted octanol–water partition coefficient (Wildman–Crippen LogP) is 1.62. The number of carbonyl (C=O) groups excluding carboxylic acids is 1. The molecule has 0 saturated heterocycles. The lowest BCUT2D eigenvalue weighted by atomic mass is 10.0. The average molecular weight is 262 g/mol. The summed E-state index contributed by atoms with van der Waals surface area (Å²) in [5, 5.41) is 11.3. The molecule has 0 radical (unpaired) electrons. The van der Waals surface area contributed by atoms with Crippen molar-refractivity contribution in [3.63, 3.8) is 0 Å². The second-order valence-electron chi connectivity index (χ2n) is 4.80. The largest absolute Gasteiger partial charge is 0.480 e. The van der Waals surface area contributed by atoms with Crippen LogP contribution in [0.25, 0.3) is 0 Å². The molecule has 1 aliphatic heterocycles. The molecule has 1 aromatic rings. The normalized spacial score (nSPS) is 16.2. The summed E-state index contributed by atoms with van der Waals surface area (Å²) in [6.45, 7) is 2.65. The Bertz CT molecular complexity index is 487. The lowest BCUT2D eigenvalue weighted by Crippen LogP contribution is -2.46. The molecule has 1 aliphatic rings. The topological polar surface area (TPSA) is 69.6 Å². The van der Waals surface area contributed by atoms with Crippen molar-refractivity contribution >= 4 is 12.0 Å². The van der Waals surface area contributed by atoms with Gasteiger partial charge in [-0.1, -0.05) is 24.3 Å². The fraction of sp³-hybridized carbons (Fsp3) is 0.429. The first-order chi connectivity index (χ1) is 9.08. The van der Waals surface area contributed by atoms with Gasteiger partial charge < -0.3 is 15.3 Å². The summed E-state index contributed by atoms with van der Waals surface area (Å²) in [6, 6.07) is 6.87. The summed E-state index contributed by atoms with van der Waals surface area (Å²) < 4.78 is 0. The van der Waals surface area contributed by atoms with Crippen LogP contribution in [0.15, 0.2) is 24.3 Å². The van der Waals surface area contributed by atoms with Gasteiger partial charge in [0.05, 0.1) is 0 Å². The molecule has 2 rings (SSSR count). The number of benzene rings is 1. The molecule has 102 valence electrons. The number of fused-ring (bicyclic) bond motifs is 1. The fourth-order valence-corrected chi connectivity index (χ4v) is 2.21. The molecular formula is C14H18N2O3. The quantitative estimate of drug-likeness (QED) is 0.851. The first-order valence-electron chi connectivity index (χ1n) is 6.43. The van der Waals surface area contributed by atoms with Crippen molar-refractivity contribution in [2.75, 3.05) is 6.54 Å². The van der Waals surface area contributed by atoms with E-state index in [0.717, 1.165) is 18.4 Å². The fourth-order valence-electron chi connectivity index (χ4n) is 2.21. The van der Waals surface area contributed by atoms with E-state index in [1.54, 1.807) is 4.90 Å². The van der Waals surface area contributed by atoms with E-state index in [9.17, 15) is 9.59 Å². The Kier molecular flexibility index (Phi) is 4.04. The number of hydrogen-bond donors (Lipinski definition) is 2. The highest BCUT2D eigenvalue weighted by molar-refractivity contribution is 5.82. The van der Waals surface area contributed by atoms with E-state index >= 15 is 0 Å². The molecule has 2 N–H and O–H groups in total. The first-order valence-corrected chi connectivity index (χ1v) is 6.43. The van der Waals surface area contributed by atoms with Gasteiger partial charge in [0.1, 0.15) is 6.04 Å². The minimum absolute atomic E-state index is 0.313. The number of carboxylic acid groups (broad SMARTS) is 1. The van der Waals surface area contributed by atoms with Gasteiger partial charge in [-0.25, -0.2) is 4.79 Å². The third-order valence-electron chi connectivity index (χ3n) is 3.35. The molecule has 0 aliphatic carbocycles. The molecule has 5 nitrogen and oxygen atoms in total. The summed E-state index contributed by atoms with van der Waals surface area (Å²) in [6.07, 6.45) is 1.85. The lowest BCUT2D eigenvalue weighted by molar-refractivity contribution is -0.138. The van der Waals surface area contributed by atoms with Gasteiger partial charge in [0, 0.05) is 13.1 Å². The number of amides is 2. The molecule has 0 spiro atoms. The van der Waals surface area contributed by atoms with Crippen LogP contribution >= 0.6 is 0 Å². The molecular weight excluding hydrogens is 244 g/mol. The van der Waals surface area contributed by atoms with Gasteiger partial charge in [0.15, 0.2) is 0 Å². The van der Waals surface area contributed by atoms with Crippen molar-refractivity contribution < 1.29 is 14.7 Å². The number of nitrogens with one attached hydrogen (secondary N) is 1. The van der Waals surface area contributed by atoms with E-state index in [0.29, 0.717) is 13.1 Å². The second-order valence-corrected chi connectivity index (χ2v) is 4.80. The van der Waals surface area contributed by atoms with Crippen molar-refractivity contribution in [1.29, 1.82) is 0 Å². The van der Waals surface area contributed by atoms with Crippen LogP contribution in [0, 0.1) is 0 Å². The van der Waals surface area contributed by atoms with Gasteiger partial charge in [-0.3, -0.25) is 4.79 Å². The smallest absolute Gasteiger partial charge is 0.325 e. The maximum absolute atomic E-state index is 12.0. The zero-order valence-electron chi connectivity index (χ0n) is 10.9. The Morgan fingerprint density at radius 1 is 1.32 bits per heavy atom. The number of carbonyl (C=O) groups is 2. The molecule has 1 heterocycles. The zero-order valence-corrected chi connectivity index (χ0v) is 10.9. The molecule has 1 aromatic carbocycles. The Balaban J connectivity index is 2.06. The highest BCUT2D eigenvalue weighted by atomic mass is 16.4. The molecule has 0 unspecified atom stereocenters. The molecule has 19 heavy (non-hydrogen) atoms. The Labute approximate surface area is 112 Å². The summed E-state index contributed by atoms with van der Waals surface area (Å²) >= 11 is 0. The van der Waals surface area contributed by atoms with Crippen molar-refractivity contribution in [2.45, 2.75) is 32.4 Å². The van der Waals surface area contributed by atoms with Gasteiger partial charge in [0.2, 0.25) is 0 Å². The van der Waals surface area contributed by atoms with Gasteiger partial charge in [-0.05, 0) is 30.9 Å². The second kappa shape index (κ2) is 5.73. The molecule has 5 heteroatoms. The number of aliphatic carboxylic acids is 1. The van der Waals surface area contributed by atoms with Gasteiger partial charge in [-0.2, -0.15) is 0 Å². The summed E-state index contributed by atoms with van der Waals surface area (Å²) in [7, 11) is 0. The van der Waals surface area contributed by atoms with Crippen molar-refractivity contribution in [1.82, 2.24) is 10.2 Å². The summed E-state index contributed by atoms with van der Waals surface area (Å²) in [4.78, 5) is 24.4. The van der Waals surface area contributed by atoms with Gasteiger partial charge in [0.25, 0.3) is 0 Å². The molecule has 1 atom stereocenters. The number of carboxylic acids is 1. The lowest BCUT2D eigenvalue weighted by Gasteiger charge is -2.22. The van der Waals surface area contributed by atoms with Crippen LogP contribution in [0.1, 0.15) is 24.5 Å². The maximum Gasteiger partial charge on any atom is 0.325 e. The van der Waals surface area contributed by atoms with Crippen LogP contribution in [-0.4, -0.2) is 34.6 Å². The number of rotatable bonds is 2. The van der Waals surface area contributed by atoms with Crippen molar-refractivity contribution in [2.24, 2.45) is 0 Å². The SMILES string of the molecule is C[C@H](NC(=O)N1CCCc2ccccc2C1)C(=O)O. The summed E-state index contributed by atoms with van der Waals surface area (Å²) in [5.74, 6) is -1.02. The Morgan fingerprint density at radius 3 is 2.68 bits per heavy atom. The number of hydrogen-bond acceptors (Lipinski definition) is 2. The Morgan fingerprint density at radius 2 is 2.00 bits per heavy atom. The zero-order chi connectivity index (χ0) is 13.8. The van der Waals surface area contributed by atoms with Crippen LogP contribution in [0.3, 0.4) is 0 Å². The van der Waals surface area contributed by atoms with Crippen LogP contribution in [0.4, 0.5) is 4.79 Å². The molecule has 0 aromatic heterocycles. The van der Waals surface area contributed by atoms with Crippen LogP contribution in [0.2, 0.25) is 0 Å². The highest BCUT2D eigenvalue weighted by Gasteiger charge is 2.21. The molecule has 0 saturated carbocycles. The maximum atomic E-state index is 12.0. The van der Waals surface area contributed by atoms with E-state index in [1.807, 2.05) is 18.2 Å². The van der Waals surface area contributed by atoms with E-state index in [4.69, 9.17) is 5.11 Å². The van der Waals surface area contributed by atoms with Crippen molar-refractivity contribution in [3.05, 3.63) is 35.4 Å². The number of aryl methyl sites for hydroxylation is 1.